The number of hydrogen-bond donors (Lipinski definition) is 2. The van der Waals surface area contributed by atoms with Crippen LogP contribution in [0.15, 0.2) is 58.2 Å². The zero-order chi connectivity index (χ0) is 21.0. The Morgan fingerprint density at radius 1 is 1.17 bits per heavy atom. The Hall–Kier alpha value is -2.80. The summed E-state index contributed by atoms with van der Waals surface area (Å²) in [6, 6.07) is 15.1. The Labute approximate surface area is 174 Å². The fourth-order valence-corrected chi connectivity index (χ4v) is 3.95. The Bertz CT molecular complexity index is 1070. The average molecular weight is 412 g/mol. The van der Waals surface area contributed by atoms with Gasteiger partial charge in [-0.1, -0.05) is 19.1 Å². The second-order valence-electron chi connectivity index (χ2n) is 7.22. The predicted octanol–water partition coefficient (Wildman–Crippen LogP) is 4.03. The molecule has 0 aliphatic carbocycles. The van der Waals surface area contributed by atoms with E-state index in [0.717, 1.165) is 21.9 Å². The van der Waals surface area contributed by atoms with Crippen LogP contribution in [0.25, 0.3) is 10.9 Å². The van der Waals surface area contributed by atoms with Gasteiger partial charge < -0.3 is 10.4 Å². The lowest BCUT2D eigenvalue weighted by Crippen LogP contribution is -2.28. The van der Waals surface area contributed by atoms with Crippen molar-refractivity contribution in [2.24, 2.45) is 0 Å². The van der Waals surface area contributed by atoms with E-state index in [1.54, 1.807) is 18.4 Å². The van der Waals surface area contributed by atoms with E-state index in [9.17, 15) is 14.7 Å². The summed E-state index contributed by atoms with van der Waals surface area (Å²) < 4.78 is 0.852. The molecule has 3 aromatic rings. The van der Waals surface area contributed by atoms with Crippen molar-refractivity contribution in [1.82, 2.24) is 9.55 Å². The van der Waals surface area contributed by atoms with E-state index in [4.69, 9.17) is 0 Å². The van der Waals surface area contributed by atoms with Gasteiger partial charge in [0.15, 0.2) is 0 Å². The first kappa shape index (κ1) is 20.9. The molecule has 29 heavy (non-hydrogen) atoms. The van der Waals surface area contributed by atoms with Gasteiger partial charge in [-0.3, -0.25) is 14.2 Å². The molecule has 0 radical (unpaired) electrons. The smallest absolute Gasteiger partial charge is 0.319 e. The lowest BCUT2D eigenvalue weighted by molar-refractivity contribution is -0.138. The van der Waals surface area contributed by atoms with Gasteiger partial charge in [-0.2, -0.15) is 0 Å². The minimum Gasteiger partial charge on any atom is -0.480 e. The highest BCUT2D eigenvalue weighted by Gasteiger charge is 2.28. The predicted molar refractivity (Wildman–Crippen MR) is 118 cm³/mol. The highest BCUT2D eigenvalue weighted by atomic mass is 32.2. The molecule has 7 heteroatoms. The molecule has 3 rings (SSSR count). The molecule has 0 saturated carbocycles. The quantitative estimate of drug-likeness (QED) is 0.545. The number of anilines is 1. The molecule has 0 aliphatic rings. The fraction of sp³-hybridized carbons (Fsp3) is 0.318. The van der Waals surface area contributed by atoms with Crippen LogP contribution >= 0.6 is 11.8 Å². The molecule has 0 saturated heterocycles. The number of hydrogen-bond acceptors (Lipinski definition) is 5. The Morgan fingerprint density at radius 3 is 2.52 bits per heavy atom. The van der Waals surface area contributed by atoms with Gasteiger partial charge in [-0.25, -0.2) is 4.98 Å². The van der Waals surface area contributed by atoms with Crippen LogP contribution in [0.1, 0.15) is 26.6 Å². The first-order chi connectivity index (χ1) is 13.8. The maximum atomic E-state index is 12.8. The molecule has 6 nitrogen and oxygen atoms in total. The number of benzene rings is 2. The SMILES string of the molecule is CCc1nc2ccccc2c(=O)n1CCNc1ccc(SC(C)(C)C(=O)O)cc1. The number of nitrogens with one attached hydrogen (secondary N) is 1. The molecule has 0 fully saturated rings. The van der Waals surface area contributed by atoms with Crippen molar-refractivity contribution in [3.05, 3.63) is 64.7 Å². The topological polar surface area (TPSA) is 84.2 Å². The van der Waals surface area contributed by atoms with Crippen LogP contribution < -0.4 is 10.9 Å². The van der Waals surface area contributed by atoms with Crippen LogP contribution in [0.5, 0.6) is 0 Å². The van der Waals surface area contributed by atoms with Crippen LogP contribution in [0.4, 0.5) is 5.69 Å². The monoisotopic (exact) mass is 411 g/mol. The summed E-state index contributed by atoms with van der Waals surface area (Å²) in [4.78, 5) is 29.6. The van der Waals surface area contributed by atoms with Crippen molar-refractivity contribution in [1.29, 1.82) is 0 Å². The second-order valence-corrected chi connectivity index (χ2v) is 8.92. The number of thioether (sulfide) groups is 1. The van der Waals surface area contributed by atoms with Crippen molar-refractivity contribution in [3.8, 4) is 0 Å². The zero-order valence-electron chi connectivity index (χ0n) is 16.8. The highest BCUT2D eigenvalue weighted by molar-refractivity contribution is 8.01. The van der Waals surface area contributed by atoms with Gasteiger partial charge in [0.05, 0.1) is 10.9 Å². The molecule has 2 aromatic carbocycles. The van der Waals surface area contributed by atoms with Gasteiger partial charge in [-0.15, -0.1) is 11.8 Å². The third kappa shape index (κ3) is 4.79. The summed E-state index contributed by atoms with van der Waals surface area (Å²) in [5.41, 5.74) is 1.63. The number of fused-ring (bicyclic) bond motifs is 1. The van der Waals surface area contributed by atoms with Crippen LogP contribution in [0.3, 0.4) is 0 Å². The van der Waals surface area contributed by atoms with Crippen molar-refractivity contribution >= 4 is 34.3 Å². The molecule has 0 spiro atoms. The van der Waals surface area contributed by atoms with Crippen LogP contribution in [0.2, 0.25) is 0 Å². The summed E-state index contributed by atoms with van der Waals surface area (Å²) in [6.45, 7) is 6.47. The van der Waals surface area contributed by atoms with Gasteiger partial charge >= 0.3 is 5.97 Å². The Kier molecular flexibility index (Phi) is 6.27. The Morgan fingerprint density at radius 2 is 1.86 bits per heavy atom. The molecule has 0 amide bonds. The first-order valence-electron chi connectivity index (χ1n) is 9.56. The van der Waals surface area contributed by atoms with Gasteiger partial charge in [0, 0.05) is 30.1 Å². The Balaban J connectivity index is 1.68. The van der Waals surface area contributed by atoms with Crippen molar-refractivity contribution in [2.75, 3.05) is 11.9 Å². The number of carboxylic acids is 1. The van der Waals surface area contributed by atoms with E-state index in [-0.39, 0.29) is 5.56 Å². The molecule has 2 N–H and O–H groups in total. The number of para-hydroxylation sites is 1. The average Bonchev–Trinajstić information content (AvgIpc) is 2.70. The lowest BCUT2D eigenvalue weighted by atomic mass is 10.2. The fourth-order valence-electron chi connectivity index (χ4n) is 3.01. The number of carboxylic acid groups (broad SMARTS) is 1. The second kappa shape index (κ2) is 8.69. The third-order valence-electron chi connectivity index (χ3n) is 4.66. The maximum absolute atomic E-state index is 12.8. The van der Waals surface area contributed by atoms with Crippen LogP contribution in [0, 0.1) is 0 Å². The summed E-state index contributed by atoms with van der Waals surface area (Å²) in [6.07, 6.45) is 0.686. The third-order valence-corrected chi connectivity index (χ3v) is 5.86. The van der Waals surface area contributed by atoms with E-state index in [1.165, 1.54) is 11.8 Å². The minimum absolute atomic E-state index is 0.0168. The number of carbonyl (C=O) groups is 1. The normalized spacial score (nSPS) is 11.6. The maximum Gasteiger partial charge on any atom is 0.319 e. The first-order valence-corrected chi connectivity index (χ1v) is 10.4. The molecule has 1 aromatic heterocycles. The largest absolute Gasteiger partial charge is 0.480 e. The van der Waals surface area contributed by atoms with Crippen molar-refractivity contribution in [3.63, 3.8) is 0 Å². The molecule has 0 atom stereocenters. The summed E-state index contributed by atoms with van der Waals surface area (Å²) in [5.74, 6) is -0.0657. The van der Waals surface area contributed by atoms with Gasteiger partial charge in [0.2, 0.25) is 0 Å². The van der Waals surface area contributed by atoms with Gasteiger partial charge in [0.1, 0.15) is 10.6 Å². The summed E-state index contributed by atoms with van der Waals surface area (Å²) >= 11 is 1.31. The van der Waals surface area contributed by atoms with E-state index >= 15 is 0 Å². The molecule has 0 unspecified atom stereocenters. The van der Waals surface area contributed by atoms with E-state index < -0.39 is 10.7 Å². The number of nitrogens with zero attached hydrogens (tertiary/aromatic N) is 2. The number of aromatic nitrogens is 2. The number of aryl methyl sites for hydroxylation is 1. The standard InChI is InChI=1S/C22H25N3O3S/c1-4-19-24-18-8-6-5-7-17(18)20(26)25(19)14-13-23-15-9-11-16(12-10-15)29-22(2,3)21(27)28/h5-12,23H,4,13-14H2,1-3H3,(H,27,28). The number of rotatable bonds is 8. The molecular weight excluding hydrogens is 386 g/mol. The van der Waals surface area contributed by atoms with Crippen molar-refractivity contribution < 1.29 is 9.90 Å². The molecular formula is C22H25N3O3S. The van der Waals surface area contributed by atoms with Crippen LogP contribution in [-0.2, 0) is 17.8 Å². The number of aliphatic carboxylic acids is 1. The van der Waals surface area contributed by atoms with Gasteiger partial charge in [0.25, 0.3) is 5.56 Å². The van der Waals surface area contributed by atoms with E-state index in [0.29, 0.717) is 24.9 Å². The molecule has 0 bridgehead atoms. The highest BCUT2D eigenvalue weighted by Crippen LogP contribution is 2.33. The van der Waals surface area contributed by atoms with Crippen molar-refractivity contribution in [2.45, 2.75) is 43.4 Å². The van der Waals surface area contributed by atoms with Gasteiger partial charge in [-0.05, 0) is 50.2 Å². The van der Waals surface area contributed by atoms with Crippen LogP contribution in [-0.4, -0.2) is 31.9 Å². The minimum atomic E-state index is -0.879. The van der Waals surface area contributed by atoms with E-state index in [2.05, 4.69) is 10.3 Å². The van der Waals surface area contributed by atoms with E-state index in [1.807, 2.05) is 55.5 Å². The molecule has 0 aliphatic heterocycles. The lowest BCUT2D eigenvalue weighted by Gasteiger charge is -2.18. The summed E-state index contributed by atoms with van der Waals surface area (Å²) in [5, 5.41) is 13.2. The molecule has 1 heterocycles. The molecule has 152 valence electrons. The zero-order valence-corrected chi connectivity index (χ0v) is 17.6. The summed E-state index contributed by atoms with van der Waals surface area (Å²) in [7, 11) is 0.